The minimum atomic E-state index is -0.0308. The van der Waals surface area contributed by atoms with Crippen LogP contribution in [0.1, 0.15) is 30.1 Å². The van der Waals surface area contributed by atoms with E-state index in [1.54, 1.807) is 0 Å². The molecule has 2 atom stereocenters. The summed E-state index contributed by atoms with van der Waals surface area (Å²) in [6.07, 6.45) is 2.84. The number of rotatable bonds is 0. The molecule has 0 saturated carbocycles. The normalized spacial score (nSPS) is 27.3. The summed E-state index contributed by atoms with van der Waals surface area (Å²) in [5, 5.41) is 0. The van der Waals surface area contributed by atoms with Gasteiger partial charge in [-0.05, 0) is 24.0 Å². The van der Waals surface area contributed by atoms with Crippen LogP contribution in [0.15, 0.2) is 24.3 Å². The summed E-state index contributed by atoms with van der Waals surface area (Å²) in [5.74, 6) is 0.397. The van der Waals surface area contributed by atoms with Crippen molar-refractivity contribution in [3.63, 3.8) is 0 Å². The van der Waals surface area contributed by atoms with Gasteiger partial charge >= 0.3 is 5.97 Å². The Bertz CT molecular complexity index is 389. The minimum absolute atomic E-state index is 0. The summed E-state index contributed by atoms with van der Waals surface area (Å²) < 4.78 is 5.35. The maximum absolute atomic E-state index is 11.2. The summed E-state index contributed by atoms with van der Waals surface area (Å²) >= 11 is 0. The molecule has 1 aliphatic carbocycles. The molecule has 1 fully saturated rings. The summed E-state index contributed by atoms with van der Waals surface area (Å²) in [4.78, 5) is 11.2. The number of carbonyl (C=O) groups excluding carboxylic acids is 1. The fourth-order valence-electron chi connectivity index (χ4n) is 2.56. The van der Waals surface area contributed by atoms with Gasteiger partial charge in [-0.15, -0.1) is 12.4 Å². The molecule has 0 aromatic heterocycles. The zero-order valence-corrected chi connectivity index (χ0v) is 9.13. The molecular formula is C12H13ClO2. The quantitative estimate of drug-likeness (QED) is 0.634. The molecule has 0 amide bonds. The largest absolute Gasteiger partial charge is 0.457 e. The van der Waals surface area contributed by atoms with Gasteiger partial charge in [0.2, 0.25) is 0 Å². The summed E-state index contributed by atoms with van der Waals surface area (Å²) in [6, 6.07) is 8.30. The molecule has 1 aromatic carbocycles. The first kappa shape index (κ1) is 10.5. The van der Waals surface area contributed by atoms with Crippen molar-refractivity contribution < 1.29 is 9.53 Å². The highest BCUT2D eigenvalue weighted by Crippen LogP contribution is 2.43. The topological polar surface area (TPSA) is 26.3 Å². The van der Waals surface area contributed by atoms with Gasteiger partial charge in [0.25, 0.3) is 0 Å². The molecule has 0 radical (unpaired) electrons. The van der Waals surface area contributed by atoms with Gasteiger partial charge in [0.1, 0.15) is 6.10 Å². The highest BCUT2D eigenvalue weighted by atomic mass is 35.5. The number of carbonyl (C=O) groups is 1. The number of benzene rings is 1. The molecule has 2 aliphatic rings. The van der Waals surface area contributed by atoms with Crippen molar-refractivity contribution in [2.75, 3.05) is 0 Å². The van der Waals surface area contributed by atoms with Gasteiger partial charge in [0.15, 0.2) is 0 Å². The SMILES string of the molecule is Cl.O=C1CC2CCc3ccccc3C2O1. The van der Waals surface area contributed by atoms with Crippen LogP contribution in [0.2, 0.25) is 0 Å². The van der Waals surface area contributed by atoms with Crippen molar-refractivity contribution in [1.29, 1.82) is 0 Å². The number of aryl methyl sites for hydroxylation is 1. The highest BCUT2D eigenvalue weighted by Gasteiger charge is 2.39. The van der Waals surface area contributed by atoms with E-state index in [1.165, 1.54) is 11.1 Å². The highest BCUT2D eigenvalue weighted by molar-refractivity contribution is 5.85. The molecule has 2 nitrogen and oxygen atoms in total. The second kappa shape index (κ2) is 3.86. The average Bonchev–Trinajstić information content (AvgIpc) is 2.59. The van der Waals surface area contributed by atoms with Crippen LogP contribution in [0.5, 0.6) is 0 Å². The lowest BCUT2D eigenvalue weighted by atomic mass is 9.81. The van der Waals surface area contributed by atoms with E-state index in [0.717, 1.165) is 12.8 Å². The average molecular weight is 225 g/mol. The Morgan fingerprint density at radius 1 is 1.27 bits per heavy atom. The monoisotopic (exact) mass is 224 g/mol. The lowest BCUT2D eigenvalue weighted by Gasteiger charge is -2.25. The maximum Gasteiger partial charge on any atom is 0.306 e. The van der Waals surface area contributed by atoms with E-state index in [-0.39, 0.29) is 24.5 Å². The van der Waals surface area contributed by atoms with Gasteiger partial charge in [-0.2, -0.15) is 0 Å². The van der Waals surface area contributed by atoms with Crippen LogP contribution < -0.4 is 0 Å². The van der Waals surface area contributed by atoms with Crippen molar-refractivity contribution in [3.05, 3.63) is 35.4 Å². The molecule has 1 aliphatic heterocycles. The fraction of sp³-hybridized carbons (Fsp3) is 0.417. The third kappa shape index (κ3) is 1.63. The van der Waals surface area contributed by atoms with E-state index in [0.29, 0.717) is 12.3 Å². The zero-order chi connectivity index (χ0) is 9.54. The minimum Gasteiger partial charge on any atom is -0.457 e. The number of hydrogen-bond donors (Lipinski definition) is 0. The van der Waals surface area contributed by atoms with Gasteiger partial charge in [-0.3, -0.25) is 4.79 Å². The lowest BCUT2D eigenvalue weighted by molar-refractivity contribution is -0.141. The maximum atomic E-state index is 11.2. The van der Waals surface area contributed by atoms with Crippen LogP contribution >= 0.6 is 12.4 Å². The number of esters is 1. The Morgan fingerprint density at radius 3 is 2.93 bits per heavy atom. The van der Waals surface area contributed by atoms with Gasteiger partial charge in [-0.1, -0.05) is 24.3 Å². The summed E-state index contributed by atoms with van der Waals surface area (Å²) in [5.41, 5.74) is 2.58. The standard InChI is InChI=1S/C12H12O2.ClH/c13-11-7-9-6-5-8-3-1-2-4-10(8)12(9)14-11;/h1-4,9,12H,5-7H2;1H. The van der Waals surface area contributed by atoms with E-state index in [1.807, 2.05) is 6.07 Å². The Hall–Kier alpha value is -1.02. The predicted octanol–water partition coefficient (Wildman–Crippen LogP) is 2.66. The van der Waals surface area contributed by atoms with E-state index in [4.69, 9.17) is 4.74 Å². The molecular weight excluding hydrogens is 212 g/mol. The molecule has 3 heteroatoms. The molecule has 1 heterocycles. The van der Waals surface area contributed by atoms with E-state index < -0.39 is 0 Å². The van der Waals surface area contributed by atoms with Crippen LogP contribution in [0, 0.1) is 5.92 Å². The van der Waals surface area contributed by atoms with Crippen LogP contribution in [0.25, 0.3) is 0 Å². The number of hydrogen-bond acceptors (Lipinski definition) is 2. The molecule has 0 N–H and O–H groups in total. The van der Waals surface area contributed by atoms with Crippen molar-refractivity contribution in [2.24, 2.45) is 5.92 Å². The van der Waals surface area contributed by atoms with E-state index >= 15 is 0 Å². The van der Waals surface area contributed by atoms with Crippen LogP contribution in [0.4, 0.5) is 0 Å². The van der Waals surface area contributed by atoms with Gasteiger partial charge in [0, 0.05) is 5.92 Å². The van der Waals surface area contributed by atoms with Gasteiger partial charge in [0.05, 0.1) is 6.42 Å². The smallest absolute Gasteiger partial charge is 0.306 e. The second-order valence-corrected chi connectivity index (χ2v) is 4.11. The van der Waals surface area contributed by atoms with E-state index in [2.05, 4.69) is 18.2 Å². The first-order valence-electron chi connectivity index (χ1n) is 5.12. The zero-order valence-electron chi connectivity index (χ0n) is 8.31. The van der Waals surface area contributed by atoms with Crippen molar-refractivity contribution in [2.45, 2.75) is 25.4 Å². The first-order valence-corrected chi connectivity index (χ1v) is 5.12. The Balaban J connectivity index is 0.000000853. The van der Waals surface area contributed by atoms with E-state index in [9.17, 15) is 4.79 Å². The van der Waals surface area contributed by atoms with Crippen LogP contribution in [0.3, 0.4) is 0 Å². The summed E-state index contributed by atoms with van der Waals surface area (Å²) in [6.45, 7) is 0. The third-order valence-corrected chi connectivity index (χ3v) is 3.26. The molecule has 80 valence electrons. The van der Waals surface area contributed by atoms with Crippen LogP contribution in [-0.4, -0.2) is 5.97 Å². The fourth-order valence-corrected chi connectivity index (χ4v) is 2.56. The van der Waals surface area contributed by atoms with Crippen molar-refractivity contribution >= 4 is 18.4 Å². The number of fused-ring (bicyclic) bond motifs is 3. The molecule has 0 spiro atoms. The van der Waals surface area contributed by atoms with Gasteiger partial charge in [-0.25, -0.2) is 0 Å². The Labute approximate surface area is 95.0 Å². The summed E-state index contributed by atoms with van der Waals surface area (Å²) in [7, 11) is 0. The third-order valence-electron chi connectivity index (χ3n) is 3.26. The van der Waals surface area contributed by atoms with Gasteiger partial charge < -0.3 is 4.74 Å². The number of halogens is 1. The molecule has 2 unspecified atom stereocenters. The van der Waals surface area contributed by atoms with Crippen LogP contribution in [-0.2, 0) is 16.0 Å². The molecule has 15 heavy (non-hydrogen) atoms. The molecule has 1 saturated heterocycles. The number of ether oxygens (including phenoxy) is 1. The molecule has 0 bridgehead atoms. The Morgan fingerprint density at radius 2 is 2.07 bits per heavy atom. The first-order chi connectivity index (χ1) is 6.84. The molecule has 3 rings (SSSR count). The Kier molecular flexibility index (Phi) is 2.70. The van der Waals surface area contributed by atoms with Crippen molar-refractivity contribution in [1.82, 2.24) is 0 Å². The predicted molar refractivity (Wildman–Crippen MR) is 59.0 cm³/mol. The van der Waals surface area contributed by atoms with Crippen molar-refractivity contribution in [3.8, 4) is 0 Å². The molecule has 1 aromatic rings. The lowest BCUT2D eigenvalue weighted by Crippen LogP contribution is -2.16. The second-order valence-electron chi connectivity index (χ2n) is 4.11.